The van der Waals surface area contributed by atoms with E-state index in [2.05, 4.69) is 26.6 Å². The number of carbonyl (C=O) groups is 1. The minimum absolute atomic E-state index is 0.158. The minimum atomic E-state index is 0.158. The van der Waals surface area contributed by atoms with Crippen LogP contribution in [-0.2, 0) is 11.3 Å². The summed E-state index contributed by atoms with van der Waals surface area (Å²) in [5.74, 6) is 0.700. The van der Waals surface area contributed by atoms with Crippen molar-refractivity contribution in [2.45, 2.75) is 13.0 Å². The van der Waals surface area contributed by atoms with Gasteiger partial charge in [-0.05, 0) is 41.0 Å². The van der Waals surface area contributed by atoms with E-state index in [1.807, 2.05) is 11.4 Å². The lowest BCUT2D eigenvalue weighted by molar-refractivity contribution is -0.122. The second kappa shape index (κ2) is 5.09. The van der Waals surface area contributed by atoms with Crippen LogP contribution in [-0.4, -0.2) is 19.0 Å². The quantitative estimate of drug-likeness (QED) is 0.886. The van der Waals surface area contributed by atoms with E-state index in [1.54, 1.807) is 11.3 Å². The van der Waals surface area contributed by atoms with E-state index in [1.165, 1.54) is 4.88 Å². The molecule has 15 heavy (non-hydrogen) atoms. The summed E-state index contributed by atoms with van der Waals surface area (Å²) in [7, 11) is 0. The number of amides is 1. The van der Waals surface area contributed by atoms with Gasteiger partial charge in [0.25, 0.3) is 0 Å². The summed E-state index contributed by atoms with van der Waals surface area (Å²) in [6.07, 6.45) is 0.652. The number of nitrogens with one attached hydrogen (secondary N) is 2. The molecule has 3 nitrogen and oxygen atoms in total. The zero-order valence-electron chi connectivity index (χ0n) is 8.25. The Morgan fingerprint density at radius 2 is 2.47 bits per heavy atom. The van der Waals surface area contributed by atoms with Crippen LogP contribution in [0.4, 0.5) is 0 Å². The largest absolute Gasteiger partial charge is 0.351 e. The SMILES string of the molecule is O=C(CC1CNC1)NCc1cc(Br)cs1. The van der Waals surface area contributed by atoms with Gasteiger partial charge in [-0.25, -0.2) is 0 Å². The average molecular weight is 289 g/mol. The van der Waals surface area contributed by atoms with Crippen molar-refractivity contribution in [1.29, 1.82) is 0 Å². The summed E-state index contributed by atoms with van der Waals surface area (Å²) in [5.41, 5.74) is 0. The molecule has 0 unspecified atom stereocenters. The average Bonchev–Trinajstić information content (AvgIpc) is 2.55. The third-order valence-electron chi connectivity index (χ3n) is 2.42. The van der Waals surface area contributed by atoms with Gasteiger partial charge in [-0.15, -0.1) is 11.3 Å². The maximum Gasteiger partial charge on any atom is 0.220 e. The molecule has 0 bridgehead atoms. The lowest BCUT2D eigenvalue weighted by Gasteiger charge is -2.26. The number of halogens is 1. The van der Waals surface area contributed by atoms with Gasteiger partial charge in [0.2, 0.25) is 5.91 Å². The third kappa shape index (κ3) is 3.29. The summed E-state index contributed by atoms with van der Waals surface area (Å²) >= 11 is 5.05. The summed E-state index contributed by atoms with van der Waals surface area (Å²) in [4.78, 5) is 12.7. The molecular weight excluding hydrogens is 276 g/mol. The molecule has 0 radical (unpaired) electrons. The van der Waals surface area contributed by atoms with Gasteiger partial charge in [0.15, 0.2) is 0 Å². The lowest BCUT2D eigenvalue weighted by atomic mass is 9.99. The molecule has 1 aliphatic rings. The molecule has 0 spiro atoms. The van der Waals surface area contributed by atoms with E-state index in [4.69, 9.17) is 0 Å². The number of thiophene rings is 1. The number of hydrogen-bond acceptors (Lipinski definition) is 3. The smallest absolute Gasteiger partial charge is 0.220 e. The maximum absolute atomic E-state index is 11.5. The summed E-state index contributed by atoms with van der Waals surface area (Å²) in [5, 5.41) is 8.12. The van der Waals surface area contributed by atoms with Crippen molar-refractivity contribution in [2.24, 2.45) is 5.92 Å². The van der Waals surface area contributed by atoms with Gasteiger partial charge in [-0.3, -0.25) is 4.79 Å². The van der Waals surface area contributed by atoms with Crippen LogP contribution in [0.2, 0.25) is 0 Å². The Hall–Kier alpha value is -0.390. The van der Waals surface area contributed by atoms with Crippen molar-refractivity contribution < 1.29 is 4.79 Å². The van der Waals surface area contributed by atoms with Crippen LogP contribution >= 0.6 is 27.3 Å². The van der Waals surface area contributed by atoms with Crippen LogP contribution < -0.4 is 10.6 Å². The van der Waals surface area contributed by atoms with E-state index < -0.39 is 0 Å². The molecule has 0 aliphatic carbocycles. The second-order valence-corrected chi connectivity index (χ2v) is 5.65. The first-order valence-electron chi connectivity index (χ1n) is 4.94. The highest BCUT2D eigenvalue weighted by Gasteiger charge is 2.19. The van der Waals surface area contributed by atoms with Crippen LogP contribution in [0.1, 0.15) is 11.3 Å². The molecule has 1 aliphatic heterocycles. The van der Waals surface area contributed by atoms with Gasteiger partial charge < -0.3 is 10.6 Å². The van der Waals surface area contributed by atoms with Crippen LogP contribution in [0.15, 0.2) is 15.9 Å². The molecule has 82 valence electrons. The Bertz CT molecular complexity index is 349. The van der Waals surface area contributed by atoms with E-state index in [0.717, 1.165) is 17.6 Å². The molecule has 1 aromatic heterocycles. The molecule has 1 saturated heterocycles. The predicted molar refractivity (Wildman–Crippen MR) is 64.8 cm³/mol. The molecule has 5 heteroatoms. The van der Waals surface area contributed by atoms with Gasteiger partial charge in [0.05, 0.1) is 6.54 Å². The minimum Gasteiger partial charge on any atom is -0.351 e. The maximum atomic E-state index is 11.5. The molecular formula is C10H13BrN2OS. The molecule has 2 rings (SSSR count). The highest BCUT2D eigenvalue weighted by Crippen LogP contribution is 2.19. The molecule has 0 aromatic carbocycles. The molecule has 1 amide bonds. The zero-order valence-corrected chi connectivity index (χ0v) is 10.7. The zero-order chi connectivity index (χ0) is 10.7. The fourth-order valence-corrected chi connectivity index (χ4v) is 2.85. The van der Waals surface area contributed by atoms with Crippen LogP contribution in [0.5, 0.6) is 0 Å². The highest BCUT2D eigenvalue weighted by atomic mass is 79.9. The molecule has 0 atom stereocenters. The van der Waals surface area contributed by atoms with Gasteiger partial charge in [-0.2, -0.15) is 0 Å². The van der Waals surface area contributed by atoms with Gasteiger partial charge in [-0.1, -0.05) is 0 Å². The summed E-state index contributed by atoms with van der Waals surface area (Å²) in [6.45, 7) is 2.62. The fraction of sp³-hybridized carbons (Fsp3) is 0.500. The number of rotatable bonds is 4. The highest BCUT2D eigenvalue weighted by molar-refractivity contribution is 9.10. The van der Waals surface area contributed by atoms with E-state index in [0.29, 0.717) is 18.9 Å². The van der Waals surface area contributed by atoms with Gasteiger partial charge in [0.1, 0.15) is 0 Å². The Kier molecular flexibility index (Phi) is 3.77. The molecule has 2 heterocycles. The van der Waals surface area contributed by atoms with E-state index in [9.17, 15) is 4.79 Å². The molecule has 1 aromatic rings. The molecule has 1 fully saturated rings. The monoisotopic (exact) mass is 288 g/mol. The van der Waals surface area contributed by atoms with Gasteiger partial charge in [0, 0.05) is 21.2 Å². The lowest BCUT2D eigenvalue weighted by Crippen LogP contribution is -2.44. The van der Waals surface area contributed by atoms with E-state index in [-0.39, 0.29) is 5.91 Å². The Morgan fingerprint density at radius 1 is 1.67 bits per heavy atom. The van der Waals surface area contributed by atoms with Crippen LogP contribution in [0.25, 0.3) is 0 Å². The van der Waals surface area contributed by atoms with Gasteiger partial charge >= 0.3 is 0 Å². The Labute approximate surface area is 101 Å². The second-order valence-electron chi connectivity index (χ2n) is 3.74. The third-order valence-corrected chi connectivity index (χ3v) is 4.12. The standard InChI is InChI=1S/C10H13BrN2OS/c11-8-2-9(15-6-8)5-13-10(14)1-7-3-12-4-7/h2,6-7,12H,1,3-5H2,(H,13,14). The number of carbonyl (C=O) groups excluding carboxylic acids is 1. The Morgan fingerprint density at radius 3 is 3.00 bits per heavy atom. The van der Waals surface area contributed by atoms with E-state index >= 15 is 0 Å². The number of hydrogen-bond donors (Lipinski definition) is 2. The first-order valence-corrected chi connectivity index (χ1v) is 6.61. The first-order chi connectivity index (χ1) is 7.24. The predicted octanol–water partition coefficient (Wildman–Crippen LogP) is 1.74. The van der Waals surface area contributed by atoms with Crippen molar-refractivity contribution in [2.75, 3.05) is 13.1 Å². The first kappa shape index (κ1) is 11.1. The van der Waals surface area contributed by atoms with Crippen molar-refractivity contribution in [1.82, 2.24) is 10.6 Å². The summed E-state index contributed by atoms with van der Waals surface area (Å²) in [6, 6.07) is 2.04. The summed E-state index contributed by atoms with van der Waals surface area (Å²) < 4.78 is 1.08. The van der Waals surface area contributed by atoms with Crippen molar-refractivity contribution in [3.8, 4) is 0 Å². The van der Waals surface area contributed by atoms with Crippen molar-refractivity contribution in [3.63, 3.8) is 0 Å². The normalized spacial score (nSPS) is 16.1. The van der Waals surface area contributed by atoms with Crippen LogP contribution in [0, 0.1) is 5.92 Å². The topological polar surface area (TPSA) is 41.1 Å². The molecule has 2 N–H and O–H groups in total. The fourth-order valence-electron chi connectivity index (χ4n) is 1.46. The van der Waals surface area contributed by atoms with Crippen LogP contribution in [0.3, 0.4) is 0 Å². The Balaban J connectivity index is 1.70. The van der Waals surface area contributed by atoms with Crippen molar-refractivity contribution >= 4 is 33.2 Å². The molecule has 0 saturated carbocycles. The van der Waals surface area contributed by atoms with Crippen molar-refractivity contribution in [3.05, 3.63) is 20.8 Å².